The lowest BCUT2D eigenvalue weighted by molar-refractivity contribution is 0.333. The van der Waals surface area contributed by atoms with Crippen LogP contribution in [0, 0.1) is 0 Å². The Kier molecular flexibility index (Phi) is 3.57. The van der Waals surface area contributed by atoms with Crippen LogP contribution in [0.4, 0.5) is 0 Å². The van der Waals surface area contributed by atoms with Gasteiger partial charge in [0, 0.05) is 11.8 Å². The molecule has 0 spiro atoms. The van der Waals surface area contributed by atoms with Crippen LogP contribution in [-0.4, -0.2) is 29.8 Å². The summed E-state index contributed by atoms with van der Waals surface area (Å²) in [5.74, 6) is 0. The molecule has 0 aromatic rings. The van der Waals surface area contributed by atoms with Crippen molar-refractivity contribution >= 4 is 12.6 Å². The molecule has 0 aromatic carbocycles. The highest BCUT2D eigenvalue weighted by molar-refractivity contribution is 7.81. The molecule has 1 fully saturated rings. The van der Waals surface area contributed by atoms with Crippen molar-refractivity contribution in [1.82, 2.24) is 4.90 Å². The van der Waals surface area contributed by atoms with E-state index in [2.05, 4.69) is 24.5 Å². The van der Waals surface area contributed by atoms with Crippen LogP contribution >= 0.6 is 12.6 Å². The SMILES string of the molecule is CCCCN1CCC(S)C1. The monoisotopic (exact) mass is 159 g/mol. The minimum Gasteiger partial charge on any atom is -0.302 e. The molecule has 1 heterocycles. The maximum absolute atomic E-state index is 4.43. The summed E-state index contributed by atoms with van der Waals surface area (Å²) in [7, 11) is 0. The highest BCUT2D eigenvalue weighted by Gasteiger charge is 2.17. The first kappa shape index (κ1) is 8.41. The number of hydrogen-bond acceptors (Lipinski definition) is 2. The minimum absolute atomic E-state index is 0.650. The number of unbranched alkanes of at least 4 members (excludes halogenated alkanes) is 1. The van der Waals surface area contributed by atoms with Gasteiger partial charge in [0.05, 0.1) is 0 Å². The fraction of sp³-hybridized carbons (Fsp3) is 1.00. The van der Waals surface area contributed by atoms with Crippen LogP contribution in [0.25, 0.3) is 0 Å². The lowest BCUT2D eigenvalue weighted by Gasteiger charge is -2.13. The average Bonchev–Trinajstić information content (AvgIpc) is 2.31. The zero-order chi connectivity index (χ0) is 7.40. The van der Waals surface area contributed by atoms with Crippen LogP contribution in [-0.2, 0) is 0 Å². The highest BCUT2D eigenvalue weighted by Crippen LogP contribution is 2.14. The third-order valence-electron chi connectivity index (χ3n) is 2.08. The molecule has 1 aliphatic heterocycles. The van der Waals surface area contributed by atoms with Crippen molar-refractivity contribution in [1.29, 1.82) is 0 Å². The molecule has 1 nitrogen and oxygen atoms in total. The molecule has 1 atom stereocenters. The zero-order valence-corrected chi connectivity index (χ0v) is 7.61. The third-order valence-corrected chi connectivity index (χ3v) is 2.50. The molecule has 0 bridgehead atoms. The molecule has 1 aliphatic rings. The van der Waals surface area contributed by atoms with Gasteiger partial charge in [0.25, 0.3) is 0 Å². The fourth-order valence-electron chi connectivity index (χ4n) is 1.40. The van der Waals surface area contributed by atoms with Gasteiger partial charge in [0.2, 0.25) is 0 Å². The molecular formula is C8H17NS. The van der Waals surface area contributed by atoms with E-state index in [1.807, 2.05) is 0 Å². The molecule has 60 valence electrons. The van der Waals surface area contributed by atoms with Crippen LogP contribution < -0.4 is 0 Å². The van der Waals surface area contributed by atoms with Gasteiger partial charge in [-0.2, -0.15) is 12.6 Å². The van der Waals surface area contributed by atoms with E-state index in [1.165, 1.54) is 38.9 Å². The Morgan fingerprint density at radius 1 is 1.60 bits per heavy atom. The molecule has 1 saturated heterocycles. The molecule has 0 aromatic heterocycles. The van der Waals surface area contributed by atoms with E-state index in [1.54, 1.807) is 0 Å². The molecule has 0 amide bonds. The Morgan fingerprint density at radius 2 is 2.40 bits per heavy atom. The van der Waals surface area contributed by atoms with E-state index in [4.69, 9.17) is 0 Å². The number of rotatable bonds is 3. The second kappa shape index (κ2) is 4.24. The summed E-state index contributed by atoms with van der Waals surface area (Å²) in [6.45, 7) is 6.01. The molecule has 0 aliphatic carbocycles. The van der Waals surface area contributed by atoms with Gasteiger partial charge >= 0.3 is 0 Å². The predicted molar refractivity (Wildman–Crippen MR) is 48.7 cm³/mol. The Labute approximate surface area is 69.2 Å². The van der Waals surface area contributed by atoms with Crippen LogP contribution in [0.5, 0.6) is 0 Å². The zero-order valence-electron chi connectivity index (χ0n) is 6.71. The van der Waals surface area contributed by atoms with Gasteiger partial charge in [-0.1, -0.05) is 13.3 Å². The minimum atomic E-state index is 0.650. The number of nitrogens with zero attached hydrogens (tertiary/aromatic N) is 1. The summed E-state index contributed by atoms with van der Waals surface area (Å²) in [4.78, 5) is 2.52. The molecule has 10 heavy (non-hydrogen) atoms. The average molecular weight is 159 g/mol. The van der Waals surface area contributed by atoms with Gasteiger partial charge in [0.15, 0.2) is 0 Å². The Bertz CT molecular complexity index is 95.3. The maximum atomic E-state index is 4.43. The number of likely N-dealkylation sites (tertiary alicyclic amines) is 1. The first-order valence-electron chi connectivity index (χ1n) is 4.23. The number of hydrogen-bond donors (Lipinski definition) is 1. The first-order valence-corrected chi connectivity index (χ1v) is 4.75. The Morgan fingerprint density at radius 3 is 2.90 bits per heavy atom. The van der Waals surface area contributed by atoms with Gasteiger partial charge in [-0.15, -0.1) is 0 Å². The van der Waals surface area contributed by atoms with Crippen molar-refractivity contribution in [3.8, 4) is 0 Å². The quantitative estimate of drug-likeness (QED) is 0.614. The van der Waals surface area contributed by atoms with E-state index in [0.717, 1.165) is 0 Å². The second-order valence-corrected chi connectivity index (χ2v) is 3.83. The molecule has 1 rings (SSSR count). The predicted octanol–water partition coefficient (Wildman–Crippen LogP) is 1.79. The normalized spacial score (nSPS) is 27.6. The lowest BCUT2D eigenvalue weighted by atomic mass is 10.3. The van der Waals surface area contributed by atoms with Gasteiger partial charge in [-0.3, -0.25) is 0 Å². The van der Waals surface area contributed by atoms with Crippen molar-refractivity contribution < 1.29 is 0 Å². The molecule has 0 N–H and O–H groups in total. The van der Waals surface area contributed by atoms with Crippen LogP contribution in [0.3, 0.4) is 0 Å². The molecule has 0 saturated carbocycles. The summed E-state index contributed by atoms with van der Waals surface area (Å²) < 4.78 is 0. The number of thiol groups is 1. The van der Waals surface area contributed by atoms with E-state index in [0.29, 0.717) is 5.25 Å². The van der Waals surface area contributed by atoms with Crippen molar-refractivity contribution in [3.05, 3.63) is 0 Å². The molecule has 0 radical (unpaired) electrons. The maximum Gasteiger partial charge on any atom is 0.0156 e. The van der Waals surface area contributed by atoms with Crippen LogP contribution in [0.1, 0.15) is 26.2 Å². The molecule has 1 unspecified atom stereocenters. The van der Waals surface area contributed by atoms with E-state index in [-0.39, 0.29) is 0 Å². The van der Waals surface area contributed by atoms with Crippen molar-refractivity contribution in [2.75, 3.05) is 19.6 Å². The molecular weight excluding hydrogens is 142 g/mol. The van der Waals surface area contributed by atoms with Gasteiger partial charge in [-0.25, -0.2) is 0 Å². The van der Waals surface area contributed by atoms with Crippen molar-refractivity contribution in [3.63, 3.8) is 0 Å². The Hall–Kier alpha value is 0.310. The summed E-state index contributed by atoms with van der Waals surface area (Å²) in [6, 6.07) is 0. The first-order chi connectivity index (χ1) is 4.83. The highest BCUT2D eigenvalue weighted by atomic mass is 32.1. The molecule has 2 heteroatoms. The largest absolute Gasteiger partial charge is 0.302 e. The Balaban J connectivity index is 2.06. The van der Waals surface area contributed by atoms with Crippen molar-refractivity contribution in [2.24, 2.45) is 0 Å². The van der Waals surface area contributed by atoms with Crippen molar-refractivity contribution in [2.45, 2.75) is 31.4 Å². The fourth-order valence-corrected chi connectivity index (χ4v) is 1.74. The van der Waals surface area contributed by atoms with Gasteiger partial charge < -0.3 is 4.90 Å². The topological polar surface area (TPSA) is 3.24 Å². The lowest BCUT2D eigenvalue weighted by Crippen LogP contribution is -2.21. The standard InChI is InChI=1S/C8H17NS/c1-2-3-5-9-6-4-8(10)7-9/h8,10H,2-7H2,1H3. The smallest absolute Gasteiger partial charge is 0.0156 e. The van der Waals surface area contributed by atoms with Crippen LogP contribution in [0.2, 0.25) is 0 Å². The summed E-state index contributed by atoms with van der Waals surface area (Å²) in [6.07, 6.45) is 3.95. The summed E-state index contributed by atoms with van der Waals surface area (Å²) in [5, 5.41) is 0.650. The van der Waals surface area contributed by atoms with Gasteiger partial charge in [0.1, 0.15) is 0 Å². The van der Waals surface area contributed by atoms with Crippen LogP contribution in [0.15, 0.2) is 0 Å². The van der Waals surface area contributed by atoms with E-state index in [9.17, 15) is 0 Å². The second-order valence-electron chi connectivity index (χ2n) is 3.10. The summed E-state index contributed by atoms with van der Waals surface area (Å²) in [5.41, 5.74) is 0. The summed E-state index contributed by atoms with van der Waals surface area (Å²) >= 11 is 4.43. The van der Waals surface area contributed by atoms with E-state index >= 15 is 0 Å². The van der Waals surface area contributed by atoms with E-state index < -0.39 is 0 Å². The third kappa shape index (κ3) is 2.51. The van der Waals surface area contributed by atoms with Gasteiger partial charge in [-0.05, 0) is 25.9 Å².